The molecule has 6 heteroatoms. The Hall–Kier alpha value is -4.42. The van der Waals surface area contributed by atoms with Crippen molar-refractivity contribution in [3.05, 3.63) is 125 Å². The van der Waals surface area contributed by atoms with Gasteiger partial charge in [-0.15, -0.1) is 11.3 Å². The minimum absolute atomic E-state index is 0.235. The molecule has 0 fully saturated rings. The molecule has 1 aromatic heterocycles. The molecule has 0 bridgehead atoms. The Morgan fingerprint density at radius 3 is 2.36 bits per heavy atom. The third-order valence-electron chi connectivity index (χ3n) is 5.98. The second-order valence-electron chi connectivity index (χ2n) is 8.56. The zero-order valence-electron chi connectivity index (χ0n) is 19.4. The van der Waals surface area contributed by atoms with E-state index in [4.69, 9.17) is 4.98 Å². The molecular weight excluding hydrogens is 469 g/mol. The Morgan fingerprint density at radius 1 is 0.861 bits per heavy atom. The zero-order chi connectivity index (χ0) is 24.6. The smallest absolute Gasteiger partial charge is 0.266 e. The molecule has 0 N–H and O–H groups in total. The normalized spacial score (nSPS) is 14.6. The van der Waals surface area contributed by atoms with Gasteiger partial charge in [0.25, 0.3) is 5.91 Å². The largest absolute Gasteiger partial charge is 0.282 e. The maximum absolute atomic E-state index is 13.5. The third-order valence-corrected chi connectivity index (χ3v) is 7.05. The summed E-state index contributed by atoms with van der Waals surface area (Å²) in [6.07, 6.45) is 1.68. The van der Waals surface area contributed by atoms with Gasteiger partial charge in [0.15, 0.2) is 0 Å². The van der Waals surface area contributed by atoms with Gasteiger partial charge in [0.2, 0.25) is 0 Å². The van der Waals surface area contributed by atoms with Crippen LogP contribution in [-0.4, -0.2) is 16.7 Å². The van der Waals surface area contributed by atoms with Gasteiger partial charge in [-0.05, 0) is 72.7 Å². The van der Waals surface area contributed by atoms with Crippen molar-refractivity contribution in [2.75, 3.05) is 4.90 Å². The summed E-state index contributed by atoms with van der Waals surface area (Å²) in [6, 6.07) is 29.7. The summed E-state index contributed by atoms with van der Waals surface area (Å²) in [6.45, 7) is 2.07. The number of rotatable bonds is 4. The lowest BCUT2D eigenvalue weighted by Crippen LogP contribution is -2.32. The van der Waals surface area contributed by atoms with Crippen LogP contribution in [0.4, 0.5) is 10.1 Å². The summed E-state index contributed by atoms with van der Waals surface area (Å²) >= 11 is 1.65. The molecule has 0 saturated carbocycles. The monoisotopic (exact) mass is 489 g/mol. The first-order valence-corrected chi connectivity index (χ1v) is 12.3. The second-order valence-corrected chi connectivity index (χ2v) is 9.59. The molecule has 0 atom stereocenters. The predicted octanol–water partition coefficient (Wildman–Crippen LogP) is 7.25. The van der Waals surface area contributed by atoms with Crippen molar-refractivity contribution in [2.45, 2.75) is 6.92 Å². The topological polar surface area (TPSA) is 45.6 Å². The van der Waals surface area contributed by atoms with Gasteiger partial charge >= 0.3 is 0 Å². The standard InChI is InChI=1S/C30H20FN3OS/c1-19-7-16-25-27(17-19)36-29(33-25)22-10-14-24(15-11-22)34-28(21-5-3-2-4-6-21)32-26(30(34)35)18-20-8-12-23(31)13-9-20/h2-18H,1H3/b26-18-. The number of thiazole rings is 1. The van der Waals surface area contributed by atoms with Gasteiger partial charge in [-0.1, -0.05) is 48.5 Å². The van der Waals surface area contributed by atoms with Crippen LogP contribution in [-0.2, 0) is 4.79 Å². The van der Waals surface area contributed by atoms with Gasteiger partial charge in [-0.3, -0.25) is 9.69 Å². The Morgan fingerprint density at radius 2 is 1.61 bits per heavy atom. The minimum Gasteiger partial charge on any atom is -0.266 e. The van der Waals surface area contributed by atoms with Gasteiger partial charge in [0.05, 0.1) is 15.9 Å². The van der Waals surface area contributed by atoms with E-state index < -0.39 is 0 Å². The number of benzene rings is 4. The van der Waals surface area contributed by atoms with Crippen molar-refractivity contribution < 1.29 is 9.18 Å². The lowest BCUT2D eigenvalue weighted by molar-refractivity contribution is -0.113. The molecule has 0 unspecified atom stereocenters. The van der Waals surface area contributed by atoms with Crippen LogP contribution < -0.4 is 4.90 Å². The fraction of sp³-hybridized carbons (Fsp3) is 0.0333. The van der Waals surface area contributed by atoms with E-state index in [1.165, 1.54) is 17.7 Å². The van der Waals surface area contributed by atoms with Crippen LogP contribution in [0.15, 0.2) is 108 Å². The van der Waals surface area contributed by atoms with Gasteiger partial charge in [0, 0.05) is 11.1 Å². The van der Waals surface area contributed by atoms with Crippen LogP contribution >= 0.6 is 11.3 Å². The van der Waals surface area contributed by atoms with Gasteiger partial charge in [-0.2, -0.15) is 0 Å². The first-order valence-electron chi connectivity index (χ1n) is 11.5. The van der Waals surface area contributed by atoms with E-state index in [-0.39, 0.29) is 11.7 Å². The number of fused-ring (bicyclic) bond motifs is 1. The van der Waals surface area contributed by atoms with Crippen LogP contribution in [0.1, 0.15) is 16.7 Å². The molecule has 2 heterocycles. The maximum Gasteiger partial charge on any atom is 0.282 e. The molecule has 174 valence electrons. The summed E-state index contributed by atoms with van der Waals surface area (Å²) in [5, 5.41) is 0.934. The molecule has 0 saturated heterocycles. The first-order chi connectivity index (χ1) is 17.5. The van der Waals surface area contributed by atoms with E-state index in [1.54, 1.807) is 34.4 Å². The van der Waals surface area contributed by atoms with Crippen LogP contribution in [0.5, 0.6) is 0 Å². The summed E-state index contributed by atoms with van der Waals surface area (Å²) in [7, 11) is 0. The summed E-state index contributed by atoms with van der Waals surface area (Å²) in [4.78, 5) is 24.6. The second kappa shape index (κ2) is 8.98. The number of aromatic nitrogens is 1. The quantitative estimate of drug-likeness (QED) is 0.250. The van der Waals surface area contributed by atoms with Crippen LogP contribution in [0, 0.1) is 12.7 Å². The number of halogens is 1. The number of hydrogen-bond acceptors (Lipinski definition) is 4. The number of hydrogen-bond donors (Lipinski definition) is 0. The van der Waals surface area contributed by atoms with Crippen LogP contribution in [0.2, 0.25) is 0 Å². The Balaban J connectivity index is 1.37. The number of carbonyl (C=O) groups excluding carboxylic acids is 1. The van der Waals surface area contributed by atoms with Crippen molar-refractivity contribution >= 4 is 45.1 Å². The maximum atomic E-state index is 13.5. The molecule has 36 heavy (non-hydrogen) atoms. The summed E-state index contributed by atoms with van der Waals surface area (Å²) in [5.74, 6) is -0.00749. The average molecular weight is 490 g/mol. The van der Waals surface area contributed by atoms with Crippen LogP contribution in [0.3, 0.4) is 0 Å². The fourth-order valence-electron chi connectivity index (χ4n) is 4.16. The molecule has 0 radical (unpaired) electrons. The van der Waals surface area contributed by atoms with Crippen molar-refractivity contribution in [1.82, 2.24) is 4.98 Å². The van der Waals surface area contributed by atoms with Gasteiger partial charge in [0.1, 0.15) is 22.4 Å². The van der Waals surface area contributed by atoms with Gasteiger partial charge in [-0.25, -0.2) is 14.4 Å². The Labute approximate surface area is 211 Å². The molecule has 1 aliphatic heterocycles. The molecule has 4 nitrogen and oxygen atoms in total. The van der Waals surface area contributed by atoms with Crippen molar-refractivity contribution in [3.63, 3.8) is 0 Å². The molecule has 4 aromatic carbocycles. The molecule has 1 amide bonds. The molecule has 6 rings (SSSR count). The third kappa shape index (κ3) is 4.12. The number of amidine groups is 1. The summed E-state index contributed by atoms with van der Waals surface area (Å²) < 4.78 is 14.5. The molecule has 0 aliphatic carbocycles. The number of aliphatic imine (C=N–C) groups is 1. The average Bonchev–Trinajstić information content (AvgIpc) is 3.47. The fourth-order valence-corrected chi connectivity index (χ4v) is 5.23. The van der Waals surface area contributed by atoms with Crippen LogP contribution in [0.25, 0.3) is 26.9 Å². The SMILES string of the molecule is Cc1ccc2nc(-c3ccc(N4C(=O)/C(=C/c5ccc(F)cc5)N=C4c4ccccc4)cc3)sc2c1. The van der Waals surface area contributed by atoms with E-state index in [0.29, 0.717) is 22.8 Å². The minimum atomic E-state index is -0.326. The number of nitrogens with zero attached hydrogens (tertiary/aromatic N) is 3. The van der Waals surface area contributed by atoms with E-state index in [1.807, 2.05) is 60.7 Å². The molecular formula is C30H20FN3OS. The lowest BCUT2D eigenvalue weighted by atomic mass is 10.1. The van der Waals surface area contributed by atoms with Crippen molar-refractivity contribution in [2.24, 2.45) is 4.99 Å². The lowest BCUT2D eigenvalue weighted by Gasteiger charge is -2.18. The van der Waals surface area contributed by atoms with Crippen molar-refractivity contribution in [3.8, 4) is 10.6 Å². The first kappa shape index (κ1) is 22.1. The highest BCUT2D eigenvalue weighted by Crippen LogP contribution is 2.33. The number of carbonyl (C=O) groups is 1. The molecule has 5 aromatic rings. The van der Waals surface area contributed by atoms with Crippen molar-refractivity contribution in [1.29, 1.82) is 0 Å². The Bertz CT molecular complexity index is 1650. The molecule has 0 spiro atoms. The highest BCUT2D eigenvalue weighted by atomic mass is 32.1. The number of anilines is 1. The number of aryl methyl sites for hydroxylation is 1. The van der Waals surface area contributed by atoms with E-state index in [9.17, 15) is 9.18 Å². The highest BCUT2D eigenvalue weighted by molar-refractivity contribution is 7.21. The molecule has 1 aliphatic rings. The Kier molecular flexibility index (Phi) is 5.51. The van der Waals surface area contributed by atoms with E-state index in [0.717, 1.165) is 26.4 Å². The van der Waals surface area contributed by atoms with E-state index in [2.05, 4.69) is 24.0 Å². The predicted molar refractivity (Wildman–Crippen MR) is 145 cm³/mol. The number of amides is 1. The highest BCUT2D eigenvalue weighted by Gasteiger charge is 2.32. The van der Waals surface area contributed by atoms with Gasteiger partial charge < -0.3 is 0 Å². The summed E-state index contributed by atoms with van der Waals surface area (Å²) in [5.41, 5.74) is 5.73. The van der Waals surface area contributed by atoms with E-state index >= 15 is 0 Å². The zero-order valence-corrected chi connectivity index (χ0v) is 20.2.